The van der Waals surface area contributed by atoms with Crippen LogP contribution in [0.2, 0.25) is 0 Å². The molecule has 1 aromatic carbocycles. The van der Waals surface area contributed by atoms with Crippen molar-refractivity contribution >= 4 is 0 Å². The molecule has 1 heterocycles. The third-order valence-electron chi connectivity index (χ3n) is 4.04. The molecule has 2 nitrogen and oxygen atoms in total. The molecule has 0 radical (unpaired) electrons. The molecule has 3 rings (SSSR count). The van der Waals surface area contributed by atoms with Crippen molar-refractivity contribution in [3.63, 3.8) is 0 Å². The second-order valence-corrected chi connectivity index (χ2v) is 5.53. The van der Waals surface area contributed by atoms with E-state index < -0.39 is 0 Å². The Bertz CT molecular complexity index is 440. The maximum absolute atomic E-state index is 13.3. The molecule has 1 aromatic rings. The zero-order valence-corrected chi connectivity index (χ0v) is 10.3. The highest BCUT2D eigenvalue weighted by Crippen LogP contribution is 2.51. The fraction of sp³-hybridized carbons (Fsp3) is 0.571. The normalized spacial score (nSPS) is 35.0. The van der Waals surface area contributed by atoms with Crippen molar-refractivity contribution in [3.8, 4) is 5.75 Å². The van der Waals surface area contributed by atoms with E-state index in [1.807, 2.05) is 13.1 Å². The lowest BCUT2D eigenvalue weighted by molar-refractivity contribution is -0.0685. The summed E-state index contributed by atoms with van der Waals surface area (Å²) in [7, 11) is 1.96. The van der Waals surface area contributed by atoms with Gasteiger partial charge in [-0.05, 0) is 31.9 Å². The van der Waals surface area contributed by atoms with Crippen LogP contribution in [0.1, 0.15) is 37.8 Å². The molecule has 0 bridgehead atoms. The van der Waals surface area contributed by atoms with E-state index >= 15 is 0 Å². The minimum Gasteiger partial charge on any atom is -0.487 e. The molecular weight excluding hydrogens is 217 g/mol. The Kier molecular flexibility index (Phi) is 2.40. The number of rotatable bonds is 1. The highest BCUT2D eigenvalue weighted by atomic mass is 19.1. The average Bonchev–Trinajstić information content (AvgIpc) is 2.25. The van der Waals surface area contributed by atoms with Crippen LogP contribution in [0.3, 0.4) is 0 Å². The standard InChI is InChI=1S/C14H18FNO/c1-9-6-14(7-9)8-12(16-2)11-4-3-10(15)5-13(11)17-14/h3-5,9,12,16H,6-8H2,1-2H3. The van der Waals surface area contributed by atoms with Crippen molar-refractivity contribution in [2.45, 2.75) is 37.8 Å². The molecule has 1 fully saturated rings. The highest BCUT2D eigenvalue weighted by molar-refractivity contribution is 5.40. The van der Waals surface area contributed by atoms with Crippen molar-refractivity contribution in [2.75, 3.05) is 7.05 Å². The van der Waals surface area contributed by atoms with Gasteiger partial charge in [0.2, 0.25) is 0 Å². The smallest absolute Gasteiger partial charge is 0.127 e. The van der Waals surface area contributed by atoms with Gasteiger partial charge in [0.1, 0.15) is 17.2 Å². The fourth-order valence-electron chi connectivity index (χ4n) is 3.36. The van der Waals surface area contributed by atoms with Crippen LogP contribution in [0, 0.1) is 11.7 Å². The predicted molar refractivity (Wildman–Crippen MR) is 64.6 cm³/mol. The molecule has 17 heavy (non-hydrogen) atoms. The van der Waals surface area contributed by atoms with Gasteiger partial charge in [-0.1, -0.05) is 13.0 Å². The molecule has 1 spiro atoms. The number of fused-ring (bicyclic) bond motifs is 1. The number of nitrogens with one attached hydrogen (secondary N) is 1. The SMILES string of the molecule is CNC1CC2(CC(C)C2)Oc2cc(F)ccc21. The molecule has 0 amide bonds. The van der Waals surface area contributed by atoms with E-state index in [0.717, 1.165) is 36.5 Å². The van der Waals surface area contributed by atoms with E-state index in [1.54, 1.807) is 0 Å². The minimum absolute atomic E-state index is 0.0477. The van der Waals surface area contributed by atoms with Crippen LogP contribution >= 0.6 is 0 Å². The summed E-state index contributed by atoms with van der Waals surface area (Å²) in [5.74, 6) is 1.23. The quantitative estimate of drug-likeness (QED) is 0.807. The van der Waals surface area contributed by atoms with E-state index in [4.69, 9.17) is 4.74 Å². The number of hydrogen-bond donors (Lipinski definition) is 1. The molecule has 92 valence electrons. The highest BCUT2D eigenvalue weighted by Gasteiger charge is 2.48. The van der Waals surface area contributed by atoms with Gasteiger partial charge in [-0.2, -0.15) is 0 Å². The molecule has 1 unspecified atom stereocenters. The molecule has 1 aliphatic carbocycles. The van der Waals surface area contributed by atoms with Gasteiger partial charge in [-0.25, -0.2) is 4.39 Å². The second-order valence-electron chi connectivity index (χ2n) is 5.53. The Morgan fingerprint density at radius 3 is 2.76 bits per heavy atom. The van der Waals surface area contributed by atoms with Crippen molar-refractivity contribution in [1.29, 1.82) is 0 Å². The van der Waals surface area contributed by atoms with Gasteiger partial charge in [0.25, 0.3) is 0 Å². The first-order valence-electron chi connectivity index (χ1n) is 6.28. The lowest BCUT2D eigenvalue weighted by Gasteiger charge is -2.51. The Morgan fingerprint density at radius 1 is 1.35 bits per heavy atom. The average molecular weight is 235 g/mol. The van der Waals surface area contributed by atoms with Crippen molar-refractivity contribution in [1.82, 2.24) is 5.32 Å². The number of hydrogen-bond acceptors (Lipinski definition) is 2. The Hall–Kier alpha value is -1.09. The van der Waals surface area contributed by atoms with E-state index in [-0.39, 0.29) is 17.5 Å². The molecule has 3 heteroatoms. The Balaban J connectivity index is 1.96. The van der Waals surface area contributed by atoms with Crippen molar-refractivity contribution < 1.29 is 9.13 Å². The van der Waals surface area contributed by atoms with Gasteiger partial charge in [0, 0.05) is 24.1 Å². The van der Waals surface area contributed by atoms with Gasteiger partial charge in [-0.3, -0.25) is 0 Å². The maximum atomic E-state index is 13.3. The molecule has 1 aliphatic heterocycles. The Labute approximate surface area is 101 Å². The van der Waals surface area contributed by atoms with Crippen LogP contribution < -0.4 is 10.1 Å². The van der Waals surface area contributed by atoms with Crippen LogP contribution in [0.4, 0.5) is 4.39 Å². The lowest BCUT2D eigenvalue weighted by atomic mass is 9.67. The summed E-state index contributed by atoms with van der Waals surface area (Å²) in [6.07, 6.45) is 3.16. The summed E-state index contributed by atoms with van der Waals surface area (Å²) >= 11 is 0. The van der Waals surface area contributed by atoms with E-state index in [0.29, 0.717) is 0 Å². The van der Waals surface area contributed by atoms with Gasteiger partial charge >= 0.3 is 0 Å². The molecule has 1 N–H and O–H groups in total. The largest absolute Gasteiger partial charge is 0.487 e. The number of ether oxygens (including phenoxy) is 1. The second kappa shape index (κ2) is 3.70. The van der Waals surface area contributed by atoms with Crippen LogP contribution in [0.25, 0.3) is 0 Å². The van der Waals surface area contributed by atoms with E-state index in [1.165, 1.54) is 12.1 Å². The molecule has 1 saturated carbocycles. The van der Waals surface area contributed by atoms with E-state index in [9.17, 15) is 4.39 Å². The first-order valence-corrected chi connectivity index (χ1v) is 6.28. The fourth-order valence-corrected chi connectivity index (χ4v) is 3.36. The topological polar surface area (TPSA) is 21.3 Å². The third-order valence-corrected chi connectivity index (χ3v) is 4.04. The van der Waals surface area contributed by atoms with Gasteiger partial charge in [0.05, 0.1) is 0 Å². The van der Waals surface area contributed by atoms with E-state index in [2.05, 4.69) is 12.2 Å². The molecule has 0 aromatic heterocycles. The third kappa shape index (κ3) is 1.73. The van der Waals surface area contributed by atoms with Gasteiger partial charge in [-0.15, -0.1) is 0 Å². The molecular formula is C14H18FNO. The zero-order chi connectivity index (χ0) is 12.0. The molecule has 2 aliphatic rings. The first-order chi connectivity index (χ1) is 8.12. The van der Waals surface area contributed by atoms with Crippen molar-refractivity contribution in [3.05, 3.63) is 29.6 Å². The monoisotopic (exact) mass is 235 g/mol. The lowest BCUT2D eigenvalue weighted by Crippen LogP contribution is -2.52. The maximum Gasteiger partial charge on any atom is 0.127 e. The number of halogens is 1. The van der Waals surface area contributed by atoms with Gasteiger partial charge < -0.3 is 10.1 Å². The number of benzene rings is 1. The summed E-state index contributed by atoms with van der Waals surface area (Å²) in [6.45, 7) is 2.24. The minimum atomic E-state index is -0.219. The first kappa shape index (κ1) is 11.0. The van der Waals surface area contributed by atoms with Crippen LogP contribution in [-0.4, -0.2) is 12.6 Å². The van der Waals surface area contributed by atoms with Crippen LogP contribution in [0.5, 0.6) is 5.75 Å². The molecule has 1 atom stereocenters. The summed E-state index contributed by atoms with van der Waals surface area (Å²) in [5.41, 5.74) is 1.03. The summed E-state index contributed by atoms with van der Waals surface area (Å²) < 4.78 is 19.3. The zero-order valence-electron chi connectivity index (χ0n) is 10.3. The predicted octanol–water partition coefficient (Wildman–Crippen LogP) is 3.04. The van der Waals surface area contributed by atoms with Crippen LogP contribution in [0.15, 0.2) is 18.2 Å². The summed E-state index contributed by atoms with van der Waals surface area (Å²) in [6, 6.07) is 5.14. The summed E-state index contributed by atoms with van der Waals surface area (Å²) in [4.78, 5) is 0. The van der Waals surface area contributed by atoms with Crippen molar-refractivity contribution in [2.24, 2.45) is 5.92 Å². The molecule has 0 saturated heterocycles. The summed E-state index contributed by atoms with van der Waals surface area (Å²) in [5, 5.41) is 3.32. The van der Waals surface area contributed by atoms with Gasteiger partial charge in [0.15, 0.2) is 0 Å². The van der Waals surface area contributed by atoms with Crippen LogP contribution in [-0.2, 0) is 0 Å². The Morgan fingerprint density at radius 2 is 2.12 bits per heavy atom.